The molecule has 2 aliphatic heterocycles. The number of ether oxygens (including phenoxy) is 1. The Morgan fingerprint density at radius 3 is 2.54 bits per heavy atom. The molecular formula is C18H20N2O6. The Labute approximate surface area is 150 Å². The first-order valence-electron chi connectivity index (χ1n) is 8.55. The van der Waals surface area contributed by atoms with Crippen molar-refractivity contribution < 1.29 is 29.0 Å². The number of amides is 3. The summed E-state index contributed by atoms with van der Waals surface area (Å²) in [6.45, 7) is 0.305. The number of nitrogens with zero attached hydrogens (tertiary/aromatic N) is 2. The Kier molecular flexibility index (Phi) is 5.20. The molecule has 0 radical (unpaired) electrons. The van der Waals surface area contributed by atoms with E-state index in [0.29, 0.717) is 19.4 Å². The summed E-state index contributed by atoms with van der Waals surface area (Å²) in [7, 11) is 0. The van der Waals surface area contributed by atoms with Crippen molar-refractivity contribution in [3.63, 3.8) is 0 Å². The number of carbonyl (C=O) groups is 4. The van der Waals surface area contributed by atoms with Gasteiger partial charge in [0.25, 0.3) is 0 Å². The lowest BCUT2D eigenvalue weighted by Gasteiger charge is -2.28. The van der Waals surface area contributed by atoms with Gasteiger partial charge in [-0.05, 0) is 24.8 Å². The van der Waals surface area contributed by atoms with E-state index in [0.717, 1.165) is 10.5 Å². The molecule has 3 amide bonds. The highest BCUT2D eigenvalue weighted by molar-refractivity contribution is 6.01. The van der Waals surface area contributed by atoms with E-state index in [4.69, 9.17) is 4.74 Å². The average molecular weight is 360 g/mol. The fourth-order valence-corrected chi connectivity index (χ4v) is 3.41. The molecule has 1 aromatic rings. The summed E-state index contributed by atoms with van der Waals surface area (Å²) in [5.74, 6) is -2.05. The van der Waals surface area contributed by atoms with Gasteiger partial charge < -0.3 is 14.7 Å². The van der Waals surface area contributed by atoms with Crippen molar-refractivity contribution in [3.05, 3.63) is 35.9 Å². The predicted molar refractivity (Wildman–Crippen MR) is 88.9 cm³/mol. The molecule has 2 aliphatic rings. The quantitative estimate of drug-likeness (QED) is 0.870. The number of rotatable bonds is 4. The summed E-state index contributed by atoms with van der Waals surface area (Å²) in [6.07, 6.45) is 0.326. The summed E-state index contributed by atoms with van der Waals surface area (Å²) in [4.78, 5) is 50.6. The van der Waals surface area contributed by atoms with Crippen molar-refractivity contribution in [2.75, 3.05) is 6.54 Å². The second kappa shape index (κ2) is 7.55. The van der Waals surface area contributed by atoms with Crippen LogP contribution < -0.4 is 0 Å². The van der Waals surface area contributed by atoms with Crippen LogP contribution in [0.5, 0.6) is 0 Å². The van der Waals surface area contributed by atoms with Crippen LogP contribution in [0, 0.1) is 0 Å². The van der Waals surface area contributed by atoms with Gasteiger partial charge in [0.1, 0.15) is 18.7 Å². The highest BCUT2D eigenvalue weighted by Crippen LogP contribution is 2.26. The normalized spacial score (nSPS) is 22.5. The summed E-state index contributed by atoms with van der Waals surface area (Å²) in [5, 5.41) is 9.25. The largest absolute Gasteiger partial charge is 0.480 e. The van der Waals surface area contributed by atoms with Gasteiger partial charge in [0.2, 0.25) is 11.8 Å². The average Bonchev–Trinajstić information content (AvgIpc) is 3.27. The van der Waals surface area contributed by atoms with Gasteiger partial charge in [0, 0.05) is 13.0 Å². The number of aliphatic carboxylic acids is 1. The molecule has 0 unspecified atom stereocenters. The molecule has 138 valence electrons. The Bertz CT molecular complexity index is 720. The summed E-state index contributed by atoms with van der Waals surface area (Å²) in [6, 6.07) is 7.10. The van der Waals surface area contributed by atoms with Crippen molar-refractivity contribution >= 4 is 23.9 Å². The highest BCUT2D eigenvalue weighted by atomic mass is 16.6. The Morgan fingerprint density at radius 2 is 1.85 bits per heavy atom. The first-order chi connectivity index (χ1) is 12.5. The molecule has 3 rings (SSSR count). The molecule has 2 fully saturated rings. The molecule has 0 spiro atoms. The molecule has 0 aromatic heterocycles. The van der Waals surface area contributed by atoms with Gasteiger partial charge in [-0.2, -0.15) is 0 Å². The van der Waals surface area contributed by atoms with Crippen LogP contribution in [0.15, 0.2) is 30.3 Å². The molecule has 2 atom stereocenters. The van der Waals surface area contributed by atoms with Crippen LogP contribution in [0.3, 0.4) is 0 Å². The molecule has 2 saturated heterocycles. The number of imide groups is 1. The van der Waals surface area contributed by atoms with Gasteiger partial charge in [-0.1, -0.05) is 30.3 Å². The second-order valence-corrected chi connectivity index (χ2v) is 6.39. The van der Waals surface area contributed by atoms with E-state index in [1.165, 1.54) is 4.90 Å². The molecule has 0 aliphatic carbocycles. The summed E-state index contributed by atoms with van der Waals surface area (Å²) in [5.41, 5.74) is 0.765. The number of benzene rings is 1. The molecule has 1 aromatic carbocycles. The van der Waals surface area contributed by atoms with Crippen LogP contribution in [0.25, 0.3) is 0 Å². The lowest BCUT2D eigenvalue weighted by Crippen LogP contribution is -2.52. The fourth-order valence-electron chi connectivity index (χ4n) is 3.41. The third kappa shape index (κ3) is 3.54. The molecule has 1 N–H and O–H groups in total. The minimum absolute atomic E-state index is 0.00811. The minimum Gasteiger partial charge on any atom is -0.480 e. The number of carbonyl (C=O) groups excluding carboxylic acids is 3. The topological polar surface area (TPSA) is 104 Å². The van der Waals surface area contributed by atoms with Gasteiger partial charge in [-0.25, -0.2) is 14.5 Å². The SMILES string of the molecule is O=C(O)[C@@H]1CCCN1C(=O)[C@@H]1CCC(=O)N1C(=O)OCc1ccccc1. The molecule has 2 heterocycles. The standard InChI is InChI=1S/C18H20N2O6/c21-15-9-8-13(16(22)19-10-4-7-14(19)17(23)24)20(15)18(25)26-11-12-5-2-1-3-6-12/h1-3,5-6,13-14H,4,7-11H2,(H,23,24)/t13-,14-/m0/s1. The van der Waals surface area contributed by atoms with Crippen molar-refractivity contribution in [1.82, 2.24) is 9.80 Å². The van der Waals surface area contributed by atoms with E-state index in [1.54, 1.807) is 24.3 Å². The van der Waals surface area contributed by atoms with E-state index in [2.05, 4.69) is 0 Å². The van der Waals surface area contributed by atoms with Crippen LogP contribution in [-0.4, -0.2) is 57.4 Å². The smallest absolute Gasteiger partial charge is 0.417 e. The van der Waals surface area contributed by atoms with Crippen molar-refractivity contribution in [2.45, 2.75) is 44.4 Å². The Balaban J connectivity index is 1.69. The second-order valence-electron chi connectivity index (χ2n) is 6.39. The Morgan fingerprint density at radius 1 is 1.12 bits per heavy atom. The number of hydrogen-bond donors (Lipinski definition) is 1. The van der Waals surface area contributed by atoms with Crippen LogP contribution in [0.4, 0.5) is 4.79 Å². The van der Waals surface area contributed by atoms with Crippen LogP contribution in [-0.2, 0) is 25.7 Å². The maximum Gasteiger partial charge on any atom is 0.417 e. The fraction of sp³-hybridized carbons (Fsp3) is 0.444. The number of carboxylic acid groups (broad SMARTS) is 1. The van der Waals surface area contributed by atoms with Gasteiger partial charge in [-0.15, -0.1) is 0 Å². The van der Waals surface area contributed by atoms with Gasteiger partial charge in [-0.3, -0.25) is 9.59 Å². The predicted octanol–water partition coefficient (Wildman–Crippen LogP) is 1.39. The van der Waals surface area contributed by atoms with Crippen LogP contribution in [0.2, 0.25) is 0 Å². The molecule has 0 saturated carbocycles. The maximum absolute atomic E-state index is 12.8. The van der Waals surface area contributed by atoms with Crippen molar-refractivity contribution in [1.29, 1.82) is 0 Å². The van der Waals surface area contributed by atoms with Crippen molar-refractivity contribution in [2.24, 2.45) is 0 Å². The van der Waals surface area contributed by atoms with Gasteiger partial charge in [0.05, 0.1) is 0 Å². The molecule has 26 heavy (non-hydrogen) atoms. The van der Waals surface area contributed by atoms with Crippen LogP contribution in [0.1, 0.15) is 31.2 Å². The monoisotopic (exact) mass is 360 g/mol. The molecule has 8 heteroatoms. The lowest BCUT2D eigenvalue weighted by molar-refractivity contribution is -0.150. The van der Waals surface area contributed by atoms with Crippen molar-refractivity contribution in [3.8, 4) is 0 Å². The zero-order valence-electron chi connectivity index (χ0n) is 14.2. The number of likely N-dealkylation sites (tertiary alicyclic amines) is 2. The number of hydrogen-bond acceptors (Lipinski definition) is 5. The van der Waals surface area contributed by atoms with E-state index >= 15 is 0 Å². The maximum atomic E-state index is 12.8. The minimum atomic E-state index is -1.07. The third-order valence-electron chi connectivity index (χ3n) is 4.72. The summed E-state index contributed by atoms with van der Waals surface area (Å²) >= 11 is 0. The van der Waals surface area contributed by atoms with Gasteiger partial charge in [0.15, 0.2) is 0 Å². The first-order valence-corrected chi connectivity index (χ1v) is 8.55. The Hall–Kier alpha value is -2.90. The highest BCUT2D eigenvalue weighted by Gasteiger charge is 2.46. The van der Waals surface area contributed by atoms with Crippen LogP contribution >= 0.6 is 0 Å². The van der Waals surface area contributed by atoms with E-state index in [-0.39, 0.29) is 19.4 Å². The lowest BCUT2D eigenvalue weighted by atomic mass is 10.1. The van der Waals surface area contributed by atoms with Gasteiger partial charge >= 0.3 is 12.1 Å². The molecule has 0 bridgehead atoms. The zero-order chi connectivity index (χ0) is 18.7. The van der Waals surface area contributed by atoms with E-state index in [9.17, 15) is 24.3 Å². The zero-order valence-corrected chi connectivity index (χ0v) is 14.2. The first kappa shape index (κ1) is 17.9. The van der Waals surface area contributed by atoms with E-state index in [1.807, 2.05) is 6.07 Å². The van der Waals surface area contributed by atoms with E-state index < -0.39 is 36.0 Å². The summed E-state index contributed by atoms with van der Waals surface area (Å²) < 4.78 is 5.18. The molecular weight excluding hydrogens is 340 g/mol. The number of carboxylic acids is 1. The third-order valence-corrected chi connectivity index (χ3v) is 4.72. The molecule has 8 nitrogen and oxygen atoms in total.